The van der Waals surface area contributed by atoms with E-state index in [0.717, 1.165) is 4.47 Å². The third-order valence-electron chi connectivity index (χ3n) is 3.15. The number of hydrogen-bond donors (Lipinski definition) is 1. The van der Waals surface area contributed by atoms with Crippen LogP contribution in [0.1, 0.15) is 0 Å². The van der Waals surface area contributed by atoms with Gasteiger partial charge in [-0.2, -0.15) is 0 Å². The summed E-state index contributed by atoms with van der Waals surface area (Å²) < 4.78 is 1.13. The number of rotatable bonds is 0. The summed E-state index contributed by atoms with van der Waals surface area (Å²) in [5, 5.41) is 2.61. The lowest BCUT2D eigenvalue weighted by atomic mass is 10.2. The number of nitrogens with one attached hydrogen (secondary N) is 1. The van der Waals surface area contributed by atoms with Gasteiger partial charge in [0.05, 0.1) is 0 Å². The third kappa shape index (κ3) is 2.75. The predicted molar refractivity (Wildman–Crippen MR) is 89.9 cm³/mol. The van der Waals surface area contributed by atoms with E-state index >= 15 is 0 Å². The summed E-state index contributed by atoms with van der Waals surface area (Å²) in [5.41, 5.74) is 2.42. The van der Waals surface area contributed by atoms with Crippen LogP contribution in [0.5, 0.6) is 0 Å². The van der Waals surface area contributed by atoms with Crippen LogP contribution in [0.2, 0.25) is 0 Å². The predicted octanol–water partition coefficient (Wildman–Crippen LogP) is 5.77. The number of fused-ring (bicyclic) bond motifs is 3. The van der Waals surface area contributed by atoms with Crippen molar-refractivity contribution in [3.63, 3.8) is 0 Å². The van der Waals surface area contributed by atoms with Crippen molar-refractivity contribution < 1.29 is 0 Å². The van der Waals surface area contributed by atoms with Crippen LogP contribution in [0, 0.1) is 0 Å². The maximum Gasteiger partial charge on any atom is 0.0464 e. The molecule has 0 aliphatic heterocycles. The number of halogens is 1. The minimum absolute atomic E-state index is 1.13. The van der Waals surface area contributed by atoms with Crippen LogP contribution in [0.3, 0.4) is 0 Å². The molecule has 0 spiro atoms. The maximum absolute atomic E-state index is 3.38. The van der Waals surface area contributed by atoms with Crippen molar-refractivity contribution in [1.29, 1.82) is 0 Å². The summed E-state index contributed by atoms with van der Waals surface area (Å²) in [6.07, 6.45) is 0. The van der Waals surface area contributed by atoms with Gasteiger partial charge in [0.15, 0.2) is 0 Å². The summed E-state index contributed by atoms with van der Waals surface area (Å²) in [5.74, 6) is 0. The van der Waals surface area contributed by atoms with Gasteiger partial charge in [0.25, 0.3) is 0 Å². The zero-order chi connectivity index (χ0) is 13.8. The fraction of sp³-hybridized carbons (Fsp3) is 0. The molecule has 4 rings (SSSR count). The fourth-order valence-corrected chi connectivity index (χ4v) is 2.52. The molecule has 1 heterocycles. The largest absolute Gasteiger partial charge is 0.355 e. The number of para-hydroxylation sites is 2. The van der Waals surface area contributed by atoms with Crippen LogP contribution in [0.15, 0.2) is 83.3 Å². The molecule has 0 saturated carbocycles. The smallest absolute Gasteiger partial charge is 0.0464 e. The Kier molecular flexibility index (Phi) is 3.84. The number of aromatic amines is 1. The molecule has 0 aliphatic carbocycles. The lowest BCUT2D eigenvalue weighted by Gasteiger charge is -1.87. The zero-order valence-corrected chi connectivity index (χ0v) is 12.5. The summed E-state index contributed by atoms with van der Waals surface area (Å²) in [7, 11) is 0. The van der Waals surface area contributed by atoms with Crippen LogP contribution >= 0.6 is 15.9 Å². The molecule has 0 radical (unpaired) electrons. The van der Waals surface area contributed by atoms with Crippen molar-refractivity contribution in [2.24, 2.45) is 0 Å². The molecule has 3 aromatic carbocycles. The second kappa shape index (κ2) is 5.93. The Labute approximate surface area is 126 Å². The molecule has 0 aliphatic rings. The molecule has 20 heavy (non-hydrogen) atoms. The number of benzene rings is 3. The van der Waals surface area contributed by atoms with E-state index in [-0.39, 0.29) is 0 Å². The van der Waals surface area contributed by atoms with E-state index < -0.39 is 0 Å². The van der Waals surface area contributed by atoms with Crippen LogP contribution in [-0.2, 0) is 0 Å². The lowest BCUT2D eigenvalue weighted by Crippen LogP contribution is -1.62. The normalized spacial score (nSPS) is 10.2. The van der Waals surface area contributed by atoms with Gasteiger partial charge < -0.3 is 4.98 Å². The standard InChI is InChI=1S/C12H9N.C6H5Br/c1-3-7-11-9(5-1)10-6-2-4-8-12(10)13-11;7-6-4-2-1-3-5-6/h1-8,13H;1-5H. The molecule has 4 aromatic rings. The Bertz CT molecular complexity index is 768. The molecule has 0 bridgehead atoms. The molecule has 1 N–H and O–H groups in total. The van der Waals surface area contributed by atoms with Crippen LogP contribution < -0.4 is 0 Å². The van der Waals surface area contributed by atoms with Gasteiger partial charge in [0, 0.05) is 26.3 Å². The highest BCUT2D eigenvalue weighted by molar-refractivity contribution is 9.10. The molecule has 0 saturated heterocycles. The number of H-pyrrole nitrogens is 1. The van der Waals surface area contributed by atoms with Gasteiger partial charge in [-0.3, -0.25) is 0 Å². The molecular weight excluding hydrogens is 310 g/mol. The first-order valence-electron chi connectivity index (χ1n) is 6.50. The van der Waals surface area contributed by atoms with E-state index in [1.165, 1.54) is 21.8 Å². The Morgan fingerprint density at radius 1 is 0.550 bits per heavy atom. The molecular formula is C18H14BrN. The van der Waals surface area contributed by atoms with Gasteiger partial charge in [0.1, 0.15) is 0 Å². The van der Waals surface area contributed by atoms with Crippen LogP contribution in [0.25, 0.3) is 21.8 Å². The van der Waals surface area contributed by atoms with E-state index in [9.17, 15) is 0 Å². The van der Waals surface area contributed by atoms with Crippen LogP contribution in [0.4, 0.5) is 0 Å². The van der Waals surface area contributed by atoms with Crippen LogP contribution in [-0.4, -0.2) is 4.98 Å². The Hall–Kier alpha value is -2.06. The zero-order valence-electron chi connectivity index (χ0n) is 10.9. The van der Waals surface area contributed by atoms with Crippen molar-refractivity contribution >= 4 is 37.7 Å². The van der Waals surface area contributed by atoms with E-state index in [0.29, 0.717) is 0 Å². The number of hydrogen-bond acceptors (Lipinski definition) is 0. The highest BCUT2D eigenvalue weighted by Gasteiger charge is 2.00. The van der Waals surface area contributed by atoms with Crippen molar-refractivity contribution in [2.75, 3.05) is 0 Å². The lowest BCUT2D eigenvalue weighted by molar-refractivity contribution is 1.55. The molecule has 0 unspecified atom stereocenters. The summed E-state index contributed by atoms with van der Waals surface area (Å²) in [6.45, 7) is 0. The Balaban J connectivity index is 0.000000147. The third-order valence-corrected chi connectivity index (χ3v) is 3.68. The molecule has 1 nitrogen and oxygen atoms in total. The average molecular weight is 324 g/mol. The highest BCUT2D eigenvalue weighted by Crippen LogP contribution is 2.24. The molecule has 0 amide bonds. The maximum atomic E-state index is 3.38. The first-order chi connectivity index (χ1) is 9.84. The van der Waals surface area contributed by atoms with E-state index in [4.69, 9.17) is 0 Å². The fourth-order valence-electron chi connectivity index (χ4n) is 2.21. The second-order valence-corrected chi connectivity index (χ2v) is 5.43. The SMILES string of the molecule is Brc1ccccc1.c1ccc2c(c1)[nH]c1ccccc12. The van der Waals surface area contributed by atoms with Crippen molar-refractivity contribution in [2.45, 2.75) is 0 Å². The molecule has 2 heteroatoms. The Morgan fingerprint density at radius 2 is 1.00 bits per heavy atom. The van der Waals surface area contributed by atoms with Gasteiger partial charge in [-0.15, -0.1) is 0 Å². The van der Waals surface area contributed by atoms with Gasteiger partial charge in [-0.1, -0.05) is 70.5 Å². The first-order valence-corrected chi connectivity index (χ1v) is 7.30. The van der Waals surface area contributed by atoms with E-state index in [1.807, 2.05) is 30.3 Å². The number of aromatic nitrogens is 1. The molecule has 0 atom stereocenters. The van der Waals surface area contributed by atoms with Crippen molar-refractivity contribution in [1.82, 2.24) is 4.98 Å². The Morgan fingerprint density at radius 3 is 1.45 bits per heavy atom. The van der Waals surface area contributed by atoms with Gasteiger partial charge in [-0.05, 0) is 24.3 Å². The minimum atomic E-state index is 1.13. The van der Waals surface area contributed by atoms with Crippen molar-refractivity contribution in [3.8, 4) is 0 Å². The average Bonchev–Trinajstić information content (AvgIpc) is 2.87. The quantitative estimate of drug-likeness (QED) is 0.423. The molecule has 1 aromatic heterocycles. The second-order valence-electron chi connectivity index (χ2n) is 4.51. The topological polar surface area (TPSA) is 15.8 Å². The van der Waals surface area contributed by atoms with Gasteiger partial charge >= 0.3 is 0 Å². The van der Waals surface area contributed by atoms with Gasteiger partial charge in [0.2, 0.25) is 0 Å². The summed E-state index contributed by atoms with van der Waals surface area (Å²) in [4.78, 5) is 3.38. The van der Waals surface area contributed by atoms with Gasteiger partial charge in [-0.25, -0.2) is 0 Å². The van der Waals surface area contributed by atoms with Crippen molar-refractivity contribution in [3.05, 3.63) is 83.3 Å². The highest BCUT2D eigenvalue weighted by atomic mass is 79.9. The molecule has 98 valence electrons. The summed E-state index contributed by atoms with van der Waals surface area (Å²) >= 11 is 3.31. The van der Waals surface area contributed by atoms with E-state index in [2.05, 4.69) is 69.4 Å². The molecule has 0 fully saturated rings. The summed E-state index contributed by atoms with van der Waals surface area (Å²) in [6, 6.07) is 26.7. The first kappa shape index (κ1) is 12.9. The monoisotopic (exact) mass is 323 g/mol. The minimum Gasteiger partial charge on any atom is -0.355 e. The van der Waals surface area contributed by atoms with E-state index in [1.54, 1.807) is 0 Å².